The van der Waals surface area contributed by atoms with E-state index < -0.39 is 17.8 Å². The van der Waals surface area contributed by atoms with Crippen molar-refractivity contribution in [2.75, 3.05) is 6.61 Å². The minimum Gasteiger partial charge on any atom is -0.490 e. The fourth-order valence-corrected chi connectivity index (χ4v) is 3.81. The zero-order chi connectivity index (χ0) is 24.9. The molecule has 0 bridgehead atoms. The van der Waals surface area contributed by atoms with Crippen LogP contribution in [0.4, 0.5) is 13.6 Å². The lowest BCUT2D eigenvalue weighted by molar-refractivity contribution is -0.123. The number of ether oxygens (including phenoxy) is 2. The van der Waals surface area contributed by atoms with Crippen molar-refractivity contribution in [1.82, 2.24) is 10.2 Å². The fraction of sp³-hybridized carbons (Fsp3) is 0.154. The summed E-state index contributed by atoms with van der Waals surface area (Å²) in [7, 11) is 0. The summed E-state index contributed by atoms with van der Waals surface area (Å²) in [5, 5.41) is 2.71. The molecule has 35 heavy (non-hydrogen) atoms. The summed E-state index contributed by atoms with van der Waals surface area (Å²) in [4.78, 5) is 26.1. The highest BCUT2D eigenvalue weighted by atomic mass is 35.5. The molecular weight excluding hydrogens is 478 g/mol. The van der Waals surface area contributed by atoms with Gasteiger partial charge in [0.2, 0.25) is 0 Å². The van der Waals surface area contributed by atoms with Crippen LogP contribution in [0.5, 0.6) is 11.5 Å². The molecule has 6 nitrogen and oxygen atoms in total. The molecule has 0 spiro atoms. The minimum absolute atomic E-state index is 0.0123. The maximum Gasteiger partial charge on any atom is 0.329 e. The number of hydrogen-bond donors (Lipinski definition) is 1. The van der Waals surface area contributed by atoms with Gasteiger partial charge in [0.05, 0.1) is 18.2 Å². The molecule has 0 radical (unpaired) electrons. The maximum atomic E-state index is 14.0. The van der Waals surface area contributed by atoms with Crippen LogP contribution in [-0.4, -0.2) is 23.4 Å². The first-order valence-corrected chi connectivity index (χ1v) is 11.1. The Morgan fingerprint density at radius 1 is 1.03 bits per heavy atom. The van der Waals surface area contributed by atoms with Gasteiger partial charge >= 0.3 is 6.03 Å². The van der Waals surface area contributed by atoms with E-state index in [0.29, 0.717) is 23.5 Å². The molecule has 0 atom stereocenters. The Balaban J connectivity index is 1.56. The van der Waals surface area contributed by atoms with Gasteiger partial charge in [0.25, 0.3) is 5.91 Å². The summed E-state index contributed by atoms with van der Waals surface area (Å²) >= 11 is 6.44. The molecule has 9 heteroatoms. The van der Waals surface area contributed by atoms with E-state index in [-0.39, 0.29) is 41.0 Å². The monoisotopic (exact) mass is 498 g/mol. The Morgan fingerprint density at radius 3 is 2.57 bits per heavy atom. The SMILES string of the molecule is CCOc1cc(/C=C2/NC(=O)N(Cc3ccccc3F)C2=O)cc(Cl)c1OCc1cccc(F)c1. The highest BCUT2D eigenvalue weighted by Gasteiger charge is 2.34. The molecule has 3 aromatic carbocycles. The standard InChI is InChI=1S/C26H21ClF2N2O4/c1-2-34-23-13-17(11-20(27)24(23)35-15-16-6-5-8-19(28)10-16)12-22-25(32)31(26(33)30-22)14-18-7-3-4-9-21(18)29/h3-13H,2,14-15H2,1H3,(H,30,33)/b22-12+. The van der Waals surface area contributed by atoms with Crippen LogP contribution in [0.1, 0.15) is 23.6 Å². The number of amides is 3. The smallest absolute Gasteiger partial charge is 0.329 e. The van der Waals surface area contributed by atoms with Gasteiger partial charge in [0.15, 0.2) is 11.5 Å². The van der Waals surface area contributed by atoms with E-state index in [4.69, 9.17) is 21.1 Å². The highest BCUT2D eigenvalue weighted by molar-refractivity contribution is 6.32. The first-order chi connectivity index (χ1) is 16.9. The number of imide groups is 1. The van der Waals surface area contributed by atoms with Gasteiger partial charge in [-0.05, 0) is 54.5 Å². The molecule has 0 unspecified atom stereocenters. The lowest BCUT2D eigenvalue weighted by Crippen LogP contribution is -2.30. The average molecular weight is 499 g/mol. The number of hydrogen-bond acceptors (Lipinski definition) is 4. The predicted molar refractivity (Wildman–Crippen MR) is 127 cm³/mol. The van der Waals surface area contributed by atoms with Crippen LogP contribution in [0.15, 0.2) is 66.4 Å². The van der Waals surface area contributed by atoms with E-state index in [1.54, 1.807) is 37.3 Å². The summed E-state index contributed by atoms with van der Waals surface area (Å²) < 4.78 is 38.9. The molecule has 1 N–H and O–H groups in total. The zero-order valence-corrected chi connectivity index (χ0v) is 19.4. The lowest BCUT2D eigenvalue weighted by Gasteiger charge is -2.15. The van der Waals surface area contributed by atoms with Crippen molar-refractivity contribution in [3.8, 4) is 11.5 Å². The second kappa shape index (κ2) is 10.6. The van der Waals surface area contributed by atoms with Crippen LogP contribution >= 0.6 is 11.6 Å². The van der Waals surface area contributed by atoms with Crippen molar-refractivity contribution in [3.63, 3.8) is 0 Å². The third-order valence-electron chi connectivity index (χ3n) is 5.16. The van der Waals surface area contributed by atoms with Crippen LogP contribution < -0.4 is 14.8 Å². The quantitative estimate of drug-likeness (QED) is 0.320. The third kappa shape index (κ3) is 5.60. The van der Waals surface area contributed by atoms with Crippen molar-refractivity contribution in [2.24, 2.45) is 0 Å². The third-order valence-corrected chi connectivity index (χ3v) is 5.44. The second-order valence-electron chi connectivity index (χ2n) is 7.65. The first kappa shape index (κ1) is 24.2. The van der Waals surface area contributed by atoms with Crippen molar-refractivity contribution in [3.05, 3.63) is 99.7 Å². The van der Waals surface area contributed by atoms with Gasteiger partial charge in [0, 0.05) is 5.56 Å². The number of carbonyl (C=O) groups is 2. The Kier molecular flexibility index (Phi) is 7.31. The molecular formula is C26H21ClF2N2O4. The van der Waals surface area contributed by atoms with Crippen LogP contribution in [0.3, 0.4) is 0 Å². The molecule has 180 valence electrons. The first-order valence-electron chi connectivity index (χ1n) is 10.8. The van der Waals surface area contributed by atoms with Gasteiger partial charge in [-0.15, -0.1) is 0 Å². The van der Waals surface area contributed by atoms with E-state index in [2.05, 4.69) is 5.32 Å². The number of nitrogens with one attached hydrogen (secondary N) is 1. The Bertz CT molecular complexity index is 1310. The number of nitrogens with zero attached hydrogens (tertiary/aromatic N) is 1. The number of benzene rings is 3. The van der Waals surface area contributed by atoms with Crippen LogP contribution in [0.25, 0.3) is 6.08 Å². The van der Waals surface area contributed by atoms with E-state index in [1.165, 1.54) is 36.4 Å². The highest BCUT2D eigenvalue weighted by Crippen LogP contribution is 2.38. The Labute approximate surface area is 205 Å². The molecule has 1 aliphatic heterocycles. The molecule has 4 rings (SSSR count). The van der Waals surface area contributed by atoms with Crippen molar-refractivity contribution < 1.29 is 27.8 Å². The minimum atomic E-state index is -0.657. The second-order valence-corrected chi connectivity index (χ2v) is 8.06. The Morgan fingerprint density at radius 2 is 1.83 bits per heavy atom. The van der Waals surface area contributed by atoms with E-state index in [1.807, 2.05) is 0 Å². The van der Waals surface area contributed by atoms with Crippen molar-refractivity contribution >= 4 is 29.6 Å². The lowest BCUT2D eigenvalue weighted by atomic mass is 10.1. The molecule has 1 heterocycles. The van der Waals surface area contributed by atoms with Gasteiger partial charge in [-0.3, -0.25) is 9.69 Å². The molecule has 3 amide bonds. The molecule has 1 fully saturated rings. The summed E-state index contributed by atoms with van der Waals surface area (Å²) in [6, 6.07) is 14.4. The zero-order valence-electron chi connectivity index (χ0n) is 18.7. The summed E-state index contributed by atoms with van der Waals surface area (Å²) in [5.41, 5.74) is 1.33. The summed E-state index contributed by atoms with van der Waals surface area (Å²) in [6.07, 6.45) is 1.45. The molecule has 1 saturated heterocycles. The van der Waals surface area contributed by atoms with E-state index in [9.17, 15) is 18.4 Å². The predicted octanol–water partition coefficient (Wildman–Crippen LogP) is 5.69. The Hall–Kier alpha value is -3.91. The van der Waals surface area contributed by atoms with E-state index in [0.717, 1.165) is 4.90 Å². The topological polar surface area (TPSA) is 67.9 Å². The molecule has 0 aromatic heterocycles. The molecule has 1 aliphatic rings. The van der Waals surface area contributed by atoms with Gasteiger partial charge in [0.1, 0.15) is 23.9 Å². The summed E-state index contributed by atoms with van der Waals surface area (Å²) in [5.74, 6) is -0.895. The van der Waals surface area contributed by atoms with E-state index >= 15 is 0 Å². The number of rotatable bonds is 8. The van der Waals surface area contributed by atoms with Crippen LogP contribution in [0.2, 0.25) is 5.02 Å². The number of halogens is 3. The summed E-state index contributed by atoms with van der Waals surface area (Å²) in [6.45, 7) is 1.97. The van der Waals surface area contributed by atoms with Crippen molar-refractivity contribution in [1.29, 1.82) is 0 Å². The van der Waals surface area contributed by atoms with Gasteiger partial charge < -0.3 is 14.8 Å². The molecule has 3 aromatic rings. The van der Waals surface area contributed by atoms with Gasteiger partial charge in [-0.25, -0.2) is 13.6 Å². The van der Waals surface area contributed by atoms with Crippen LogP contribution in [0, 0.1) is 11.6 Å². The average Bonchev–Trinajstić information content (AvgIpc) is 3.07. The fourth-order valence-electron chi connectivity index (χ4n) is 3.54. The molecule has 0 saturated carbocycles. The number of carbonyl (C=O) groups excluding carboxylic acids is 2. The van der Waals surface area contributed by atoms with Gasteiger partial charge in [-0.1, -0.05) is 41.9 Å². The largest absolute Gasteiger partial charge is 0.490 e. The normalized spacial score (nSPS) is 14.4. The maximum absolute atomic E-state index is 14.0. The number of urea groups is 1. The van der Waals surface area contributed by atoms with Crippen LogP contribution in [-0.2, 0) is 17.9 Å². The molecule has 0 aliphatic carbocycles. The van der Waals surface area contributed by atoms with Crippen molar-refractivity contribution in [2.45, 2.75) is 20.1 Å². The van der Waals surface area contributed by atoms with Gasteiger partial charge in [-0.2, -0.15) is 0 Å².